The van der Waals surface area contributed by atoms with E-state index < -0.39 is 0 Å². The van der Waals surface area contributed by atoms with Crippen LogP contribution in [0, 0.1) is 0 Å². The summed E-state index contributed by atoms with van der Waals surface area (Å²) >= 11 is 0. The van der Waals surface area contributed by atoms with Crippen LogP contribution in [0.5, 0.6) is 5.88 Å². The third-order valence-corrected chi connectivity index (χ3v) is 4.24. The molecule has 0 radical (unpaired) electrons. The molecule has 160 valence electrons. The van der Waals surface area contributed by atoms with Crippen LogP contribution in [-0.4, -0.2) is 33.8 Å². The molecule has 2 aromatic heterocycles. The minimum Gasteiger partial charge on any atom is -0.473 e. The molecule has 0 atom stereocenters. The van der Waals surface area contributed by atoms with Crippen molar-refractivity contribution < 1.29 is 4.74 Å². The van der Waals surface area contributed by atoms with Gasteiger partial charge in [-0.2, -0.15) is 5.10 Å². The zero-order valence-electron chi connectivity index (χ0n) is 17.2. The summed E-state index contributed by atoms with van der Waals surface area (Å²) in [7, 11) is 0. The second-order valence-corrected chi connectivity index (χ2v) is 6.49. The van der Waals surface area contributed by atoms with Crippen LogP contribution in [0.4, 0.5) is 0 Å². The molecule has 7 nitrogen and oxygen atoms in total. The number of hydrogen-bond donors (Lipinski definition) is 2. The summed E-state index contributed by atoms with van der Waals surface area (Å²) in [4.78, 5) is 9.07. The minimum absolute atomic E-state index is 0. The fraction of sp³-hybridized carbons (Fsp3) is 0.318. The number of halogens is 1. The SMILES string of the molecule is CCNC(=NCc1cccnc1OCc1ccccc1)NCCCn1cccn1.I. The molecule has 0 fully saturated rings. The molecule has 2 heterocycles. The van der Waals surface area contributed by atoms with E-state index in [-0.39, 0.29) is 24.0 Å². The number of aromatic nitrogens is 3. The standard InChI is InChI=1S/C22H28N6O.HI/c1-2-23-22(25-13-7-15-28-16-8-14-27-28)26-17-20-11-6-12-24-21(20)29-18-19-9-4-3-5-10-19;/h3-6,8-12,14,16H,2,7,13,15,17-18H2,1H3,(H2,23,25,26);1H. The molecular formula is C22H29IN6O. The summed E-state index contributed by atoms with van der Waals surface area (Å²) in [5, 5.41) is 10.9. The van der Waals surface area contributed by atoms with Crippen molar-refractivity contribution in [2.45, 2.75) is 33.0 Å². The first-order chi connectivity index (χ1) is 14.3. The highest BCUT2D eigenvalue weighted by Gasteiger charge is 2.06. The van der Waals surface area contributed by atoms with E-state index in [0.717, 1.165) is 43.1 Å². The molecule has 1 aromatic carbocycles. The molecule has 0 saturated heterocycles. The van der Waals surface area contributed by atoms with Crippen molar-refractivity contribution >= 4 is 29.9 Å². The number of pyridine rings is 1. The Morgan fingerprint density at radius 2 is 1.93 bits per heavy atom. The van der Waals surface area contributed by atoms with Gasteiger partial charge in [0.25, 0.3) is 0 Å². The Kier molecular flexibility index (Phi) is 10.7. The fourth-order valence-corrected chi connectivity index (χ4v) is 2.79. The van der Waals surface area contributed by atoms with E-state index in [4.69, 9.17) is 4.74 Å². The third-order valence-electron chi connectivity index (χ3n) is 4.24. The number of nitrogens with zero attached hydrogens (tertiary/aromatic N) is 4. The predicted octanol–water partition coefficient (Wildman–Crippen LogP) is 3.62. The molecule has 0 spiro atoms. The summed E-state index contributed by atoms with van der Waals surface area (Å²) in [6.07, 6.45) is 6.47. The zero-order chi connectivity index (χ0) is 20.2. The van der Waals surface area contributed by atoms with Crippen LogP contribution in [0.15, 0.2) is 72.1 Å². The smallest absolute Gasteiger partial charge is 0.218 e. The molecule has 0 saturated carbocycles. The van der Waals surface area contributed by atoms with Crippen LogP contribution in [0.25, 0.3) is 0 Å². The van der Waals surface area contributed by atoms with E-state index in [1.165, 1.54) is 0 Å². The summed E-state index contributed by atoms with van der Waals surface area (Å²) in [5.41, 5.74) is 2.07. The van der Waals surface area contributed by atoms with Crippen LogP contribution in [-0.2, 0) is 19.7 Å². The average molecular weight is 520 g/mol. The van der Waals surface area contributed by atoms with Crippen molar-refractivity contribution in [3.05, 3.63) is 78.2 Å². The average Bonchev–Trinajstić information content (AvgIpc) is 3.28. The van der Waals surface area contributed by atoms with Crippen molar-refractivity contribution in [3.8, 4) is 5.88 Å². The molecule has 2 N–H and O–H groups in total. The fourth-order valence-electron chi connectivity index (χ4n) is 2.79. The number of hydrogen-bond acceptors (Lipinski definition) is 4. The molecule has 3 rings (SSSR count). The lowest BCUT2D eigenvalue weighted by atomic mass is 10.2. The lowest BCUT2D eigenvalue weighted by Crippen LogP contribution is -2.38. The molecule has 0 amide bonds. The van der Waals surface area contributed by atoms with Gasteiger partial charge in [0, 0.05) is 43.8 Å². The van der Waals surface area contributed by atoms with E-state index in [1.807, 2.05) is 59.4 Å². The molecule has 0 aliphatic carbocycles. The van der Waals surface area contributed by atoms with Gasteiger partial charge >= 0.3 is 0 Å². The Morgan fingerprint density at radius 1 is 1.07 bits per heavy atom. The van der Waals surface area contributed by atoms with E-state index in [9.17, 15) is 0 Å². The van der Waals surface area contributed by atoms with Crippen molar-refractivity contribution in [1.29, 1.82) is 0 Å². The summed E-state index contributed by atoms with van der Waals surface area (Å²) < 4.78 is 7.85. The highest BCUT2D eigenvalue weighted by Crippen LogP contribution is 2.17. The van der Waals surface area contributed by atoms with Crippen molar-refractivity contribution in [1.82, 2.24) is 25.4 Å². The summed E-state index contributed by atoms with van der Waals surface area (Å²) in [6.45, 7) is 5.52. The monoisotopic (exact) mass is 520 g/mol. The van der Waals surface area contributed by atoms with Crippen molar-refractivity contribution in [2.24, 2.45) is 4.99 Å². The Morgan fingerprint density at radius 3 is 2.70 bits per heavy atom. The number of benzene rings is 1. The van der Waals surface area contributed by atoms with E-state index in [0.29, 0.717) is 19.0 Å². The molecule has 0 unspecified atom stereocenters. The maximum Gasteiger partial charge on any atom is 0.218 e. The van der Waals surface area contributed by atoms with Gasteiger partial charge in [-0.25, -0.2) is 9.98 Å². The molecule has 0 aliphatic rings. The Balaban J connectivity index is 0.00000320. The first kappa shape index (κ1) is 23.7. The maximum atomic E-state index is 5.92. The molecule has 0 bridgehead atoms. The van der Waals surface area contributed by atoms with Crippen LogP contribution in [0.2, 0.25) is 0 Å². The van der Waals surface area contributed by atoms with Gasteiger partial charge in [-0.1, -0.05) is 36.4 Å². The molecule has 3 aromatic rings. The van der Waals surface area contributed by atoms with Gasteiger partial charge in [0.1, 0.15) is 6.61 Å². The van der Waals surface area contributed by atoms with Crippen LogP contribution >= 0.6 is 24.0 Å². The lowest BCUT2D eigenvalue weighted by molar-refractivity contribution is 0.290. The second-order valence-electron chi connectivity index (χ2n) is 6.49. The van der Waals surface area contributed by atoms with Gasteiger partial charge in [-0.05, 0) is 31.0 Å². The maximum absolute atomic E-state index is 5.92. The highest BCUT2D eigenvalue weighted by molar-refractivity contribution is 14.0. The minimum atomic E-state index is 0. The van der Waals surface area contributed by atoms with E-state index in [1.54, 1.807) is 12.4 Å². The number of rotatable bonds is 10. The molecule has 30 heavy (non-hydrogen) atoms. The largest absolute Gasteiger partial charge is 0.473 e. The third kappa shape index (κ3) is 8.02. The van der Waals surface area contributed by atoms with Gasteiger partial charge in [-0.15, -0.1) is 24.0 Å². The highest BCUT2D eigenvalue weighted by atomic mass is 127. The topological polar surface area (TPSA) is 76.4 Å². The Hall–Kier alpha value is -2.62. The summed E-state index contributed by atoms with van der Waals surface area (Å²) in [6, 6.07) is 15.9. The van der Waals surface area contributed by atoms with Gasteiger partial charge < -0.3 is 15.4 Å². The molecule has 0 aliphatic heterocycles. The van der Waals surface area contributed by atoms with E-state index >= 15 is 0 Å². The Bertz CT molecular complexity index is 870. The molecule has 8 heteroatoms. The second kappa shape index (κ2) is 13.6. The van der Waals surface area contributed by atoms with Crippen molar-refractivity contribution in [2.75, 3.05) is 13.1 Å². The van der Waals surface area contributed by atoms with Crippen LogP contribution in [0.1, 0.15) is 24.5 Å². The number of aryl methyl sites for hydroxylation is 1. The van der Waals surface area contributed by atoms with E-state index in [2.05, 4.69) is 32.6 Å². The van der Waals surface area contributed by atoms with Gasteiger partial charge in [0.15, 0.2) is 5.96 Å². The normalized spacial score (nSPS) is 10.9. The lowest BCUT2D eigenvalue weighted by Gasteiger charge is -2.12. The van der Waals surface area contributed by atoms with Gasteiger partial charge in [0.05, 0.1) is 6.54 Å². The predicted molar refractivity (Wildman–Crippen MR) is 130 cm³/mol. The van der Waals surface area contributed by atoms with Crippen LogP contribution < -0.4 is 15.4 Å². The summed E-state index contributed by atoms with van der Waals surface area (Å²) in [5.74, 6) is 1.40. The van der Waals surface area contributed by atoms with Crippen LogP contribution in [0.3, 0.4) is 0 Å². The first-order valence-corrected chi connectivity index (χ1v) is 9.95. The number of ether oxygens (including phenoxy) is 1. The first-order valence-electron chi connectivity index (χ1n) is 9.95. The number of nitrogens with one attached hydrogen (secondary N) is 2. The Labute approximate surface area is 195 Å². The molecular weight excluding hydrogens is 491 g/mol. The number of guanidine groups is 1. The zero-order valence-corrected chi connectivity index (χ0v) is 19.5. The quantitative estimate of drug-likeness (QED) is 0.185. The van der Waals surface area contributed by atoms with Gasteiger partial charge in [0.2, 0.25) is 5.88 Å². The number of aliphatic imine (C=N–C) groups is 1. The van der Waals surface area contributed by atoms with Gasteiger partial charge in [-0.3, -0.25) is 4.68 Å². The van der Waals surface area contributed by atoms with Crippen molar-refractivity contribution in [3.63, 3.8) is 0 Å².